The molecule has 0 bridgehead atoms. The molecule has 0 saturated carbocycles. The summed E-state index contributed by atoms with van der Waals surface area (Å²) < 4.78 is 32.7. The minimum atomic E-state index is -4.39. The molecule has 0 aromatic carbocycles. The number of esters is 2. The summed E-state index contributed by atoms with van der Waals surface area (Å²) in [6.45, 7) is 3.41. The second-order valence-electron chi connectivity index (χ2n) is 13.5. The summed E-state index contributed by atoms with van der Waals surface area (Å²) in [4.78, 5) is 34.8. The summed E-state index contributed by atoms with van der Waals surface area (Å²) in [6.07, 6.45) is 53.0. The van der Waals surface area contributed by atoms with Crippen LogP contribution in [-0.4, -0.2) is 49.3 Å². The van der Waals surface area contributed by atoms with Crippen LogP contribution in [0.25, 0.3) is 0 Å². The SMILES string of the molecule is CC/C=C/C=C/C=C/CCCCCCCC(=O)OC(COC(=O)CCCCCCCC/C=C/C/C=C/C/C=C/C/C=C/C/C=C/CC)COP(=O)(O)OCCN. The van der Waals surface area contributed by atoms with Crippen LogP contribution in [0, 0.1) is 0 Å². The minimum absolute atomic E-state index is 0.0417. The Labute approximate surface area is 340 Å². The van der Waals surface area contributed by atoms with Crippen molar-refractivity contribution in [3.8, 4) is 0 Å². The summed E-state index contributed by atoms with van der Waals surface area (Å²) in [5, 5.41) is 0. The first-order valence-corrected chi connectivity index (χ1v) is 22.7. The number of hydrogen-bond acceptors (Lipinski definition) is 8. The minimum Gasteiger partial charge on any atom is -0.462 e. The zero-order chi connectivity index (χ0) is 41.1. The number of unbranched alkanes of at least 4 members (excludes halogenated alkanes) is 11. The molecular formula is C46H76NO8P. The molecule has 0 fully saturated rings. The van der Waals surface area contributed by atoms with Crippen LogP contribution >= 0.6 is 7.82 Å². The van der Waals surface area contributed by atoms with Crippen LogP contribution < -0.4 is 5.73 Å². The lowest BCUT2D eigenvalue weighted by molar-refractivity contribution is -0.161. The van der Waals surface area contributed by atoms with Crippen LogP contribution in [0.1, 0.15) is 149 Å². The Morgan fingerprint density at radius 1 is 0.554 bits per heavy atom. The molecule has 0 aromatic heterocycles. The third-order valence-electron chi connectivity index (χ3n) is 8.28. The average molecular weight is 802 g/mol. The van der Waals surface area contributed by atoms with Gasteiger partial charge in [-0.15, -0.1) is 0 Å². The molecule has 9 nitrogen and oxygen atoms in total. The molecule has 56 heavy (non-hydrogen) atoms. The molecule has 0 aliphatic heterocycles. The van der Waals surface area contributed by atoms with Gasteiger partial charge in [0.05, 0.1) is 13.2 Å². The molecule has 0 aromatic rings. The zero-order valence-electron chi connectivity index (χ0n) is 34.8. The quantitative estimate of drug-likeness (QED) is 0.0206. The Morgan fingerprint density at radius 2 is 1.02 bits per heavy atom. The molecule has 0 amide bonds. The molecule has 0 heterocycles. The lowest BCUT2D eigenvalue weighted by Gasteiger charge is -2.19. The Hall–Kier alpha value is -3.07. The van der Waals surface area contributed by atoms with Gasteiger partial charge in [0.2, 0.25) is 0 Å². The van der Waals surface area contributed by atoms with Crippen molar-refractivity contribution in [2.24, 2.45) is 5.73 Å². The predicted molar refractivity (Wildman–Crippen MR) is 233 cm³/mol. The van der Waals surface area contributed by atoms with Crippen molar-refractivity contribution in [3.63, 3.8) is 0 Å². The first-order valence-electron chi connectivity index (χ1n) is 21.2. The van der Waals surface area contributed by atoms with Gasteiger partial charge in [-0.1, -0.05) is 156 Å². The highest BCUT2D eigenvalue weighted by atomic mass is 31.2. The van der Waals surface area contributed by atoms with E-state index in [0.29, 0.717) is 12.8 Å². The highest BCUT2D eigenvalue weighted by molar-refractivity contribution is 7.47. The number of ether oxygens (including phenoxy) is 2. The van der Waals surface area contributed by atoms with E-state index in [2.05, 4.69) is 92.8 Å². The topological polar surface area (TPSA) is 134 Å². The fourth-order valence-corrected chi connectivity index (χ4v) is 5.95. The fourth-order valence-electron chi connectivity index (χ4n) is 5.19. The number of phosphoric ester groups is 1. The van der Waals surface area contributed by atoms with E-state index >= 15 is 0 Å². The largest absolute Gasteiger partial charge is 0.472 e. The van der Waals surface area contributed by atoms with Gasteiger partial charge in [0.25, 0.3) is 0 Å². The van der Waals surface area contributed by atoms with Crippen molar-refractivity contribution in [2.75, 3.05) is 26.4 Å². The maximum absolute atomic E-state index is 12.5. The van der Waals surface area contributed by atoms with E-state index < -0.39 is 32.5 Å². The highest BCUT2D eigenvalue weighted by Gasteiger charge is 2.26. The first-order chi connectivity index (χ1) is 27.3. The third-order valence-corrected chi connectivity index (χ3v) is 9.26. The summed E-state index contributed by atoms with van der Waals surface area (Å²) in [7, 11) is -4.39. The number of phosphoric acid groups is 1. The molecule has 0 rings (SSSR count). The second kappa shape index (κ2) is 41.6. The van der Waals surface area contributed by atoms with E-state index in [1.807, 2.05) is 18.2 Å². The molecule has 3 N–H and O–H groups in total. The van der Waals surface area contributed by atoms with E-state index in [4.69, 9.17) is 24.3 Å². The number of rotatable bonds is 38. The summed E-state index contributed by atoms with van der Waals surface area (Å²) in [6, 6.07) is 0. The molecule has 0 aliphatic rings. The molecule has 0 radical (unpaired) electrons. The lowest BCUT2D eigenvalue weighted by Crippen LogP contribution is -2.29. The van der Waals surface area contributed by atoms with Gasteiger partial charge in [0, 0.05) is 19.4 Å². The molecule has 10 heteroatoms. The Kier molecular flexibility index (Phi) is 39.3. The maximum atomic E-state index is 12.5. The van der Waals surface area contributed by atoms with Crippen LogP contribution in [0.3, 0.4) is 0 Å². The highest BCUT2D eigenvalue weighted by Crippen LogP contribution is 2.43. The fraction of sp³-hybridized carbons (Fsp3) is 0.609. The van der Waals surface area contributed by atoms with Gasteiger partial charge < -0.3 is 20.1 Å². The standard InChI is InChI=1S/C46H76NO8P/c1-3-5-7-9-11-13-15-17-18-19-20-21-22-23-24-25-27-28-30-32-34-36-38-45(48)52-42-44(43-54-56(50,51)53-41-40-47)55-46(49)39-37-35-33-31-29-26-16-14-12-10-8-6-4-2/h5-8,10-14,16-18,20-21,23-24,44H,3-4,9,15,19,22,25-43,47H2,1-2H3,(H,50,51)/b7-5+,8-6+,12-10+,13-11+,16-14+,18-17+,21-20+,24-23+. The van der Waals surface area contributed by atoms with Crippen LogP contribution in [0.15, 0.2) is 97.2 Å². The van der Waals surface area contributed by atoms with E-state index in [9.17, 15) is 19.0 Å². The van der Waals surface area contributed by atoms with Gasteiger partial charge in [0.1, 0.15) is 6.61 Å². The van der Waals surface area contributed by atoms with Gasteiger partial charge in [-0.3, -0.25) is 18.6 Å². The van der Waals surface area contributed by atoms with Crippen LogP contribution in [0.5, 0.6) is 0 Å². The van der Waals surface area contributed by atoms with Gasteiger partial charge in [0.15, 0.2) is 6.10 Å². The van der Waals surface area contributed by atoms with Crippen LogP contribution in [0.4, 0.5) is 0 Å². The van der Waals surface area contributed by atoms with Gasteiger partial charge in [-0.25, -0.2) is 4.57 Å². The van der Waals surface area contributed by atoms with Crippen molar-refractivity contribution in [3.05, 3.63) is 97.2 Å². The van der Waals surface area contributed by atoms with Crippen molar-refractivity contribution < 1.29 is 37.6 Å². The van der Waals surface area contributed by atoms with Crippen LogP contribution in [-0.2, 0) is 32.7 Å². The van der Waals surface area contributed by atoms with Crippen molar-refractivity contribution in [1.82, 2.24) is 0 Å². The van der Waals surface area contributed by atoms with Gasteiger partial charge in [-0.2, -0.15) is 0 Å². The monoisotopic (exact) mass is 802 g/mol. The zero-order valence-corrected chi connectivity index (χ0v) is 35.7. The molecule has 0 aliphatic carbocycles. The number of carbonyl (C=O) groups excluding carboxylic acids is 2. The molecule has 318 valence electrons. The number of hydrogen-bond donors (Lipinski definition) is 2. The Balaban J connectivity index is 4.20. The third kappa shape index (κ3) is 40.6. The summed E-state index contributed by atoms with van der Waals surface area (Å²) in [5.74, 6) is -0.881. The summed E-state index contributed by atoms with van der Waals surface area (Å²) in [5.41, 5.74) is 5.34. The molecule has 0 saturated heterocycles. The van der Waals surface area contributed by atoms with Crippen molar-refractivity contribution >= 4 is 19.8 Å². The number of allylic oxidation sites excluding steroid dienone is 16. The van der Waals surface area contributed by atoms with Gasteiger partial charge in [-0.05, 0) is 77.0 Å². The lowest BCUT2D eigenvalue weighted by atomic mass is 10.1. The summed E-state index contributed by atoms with van der Waals surface area (Å²) >= 11 is 0. The van der Waals surface area contributed by atoms with E-state index in [-0.39, 0.29) is 32.6 Å². The Bertz CT molecular complexity index is 1230. The first kappa shape index (κ1) is 52.9. The maximum Gasteiger partial charge on any atom is 0.472 e. The van der Waals surface area contributed by atoms with E-state index in [1.54, 1.807) is 0 Å². The van der Waals surface area contributed by atoms with Crippen molar-refractivity contribution in [1.29, 1.82) is 0 Å². The molecule has 2 atom stereocenters. The van der Waals surface area contributed by atoms with Crippen molar-refractivity contribution in [2.45, 2.75) is 155 Å². The van der Waals surface area contributed by atoms with E-state index in [1.165, 1.54) is 0 Å². The molecule has 0 spiro atoms. The number of nitrogens with two attached hydrogens (primary N) is 1. The average Bonchev–Trinajstić information content (AvgIpc) is 3.18. The van der Waals surface area contributed by atoms with E-state index in [0.717, 1.165) is 109 Å². The second-order valence-corrected chi connectivity index (χ2v) is 15.0. The predicted octanol–water partition coefficient (Wildman–Crippen LogP) is 12.2. The smallest absolute Gasteiger partial charge is 0.462 e. The molecule has 2 unspecified atom stereocenters. The molecular weight excluding hydrogens is 725 g/mol. The normalized spacial score (nSPS) is 14.3. The van der Waals surface area contributed by atoms with Crippen LogP contribution in [0.2, 0.25) is 0 Å². The number of carbonyl (C=O) groups is 2. The van der Waals surface area contributed by atoms with Gasteiger partial charge >= 0.3 is 19.8 Å². The Morgan fingerprint density at radius 3 is 1.57 bits per heavy atom.